The Labute approximate surface area is 168 Å². The van der Waals surface area contributed by atoms with Gasteiger partial charge in [-0.1, -0.05) is 6.07 Å². The van der Waals surface area contributed by atoms with Crippen LogP contribution in [0.3, 0.4) is 0 Å². The van der Waals surface area contributed by atoms with Crippen molar-refractivity contribution >= 4 is 29.9 Å². The lowest BCUT2D eigenvalue weighted by Crippen LogP contribution is -2.46. The largest absolute Gasteiger partial charge is 0.373 e. The van der Waals surface area contributed by atoms with Gasteiger partial charge >= 0.3 is 0 Å². The zero-order chi connectivity index (χ0) is 17.2. The summed E-state index contributed by atoms with van der Waals surface area (Å²) >= 11 is 0. The minimum absolute atomic E-state index is 0. The lowest BCUT2D eigenvalue weighted by molar-refractivity contribution is -0.0679. The molecule has 1 aromatic heterocycles. The van der Waals surface area contributed by atoms with E-state index in [1.165, 1.54) is 0 Å². The normalized spacial score (nSPS) is 21.5. The fourth-order valence-corrected chi connectivity index (χ4v) is 2.97. The van der Waals surface area contributed by atoms with Gasteiger partial charge in [0, 0.05) is 38.9 Å². The van der Waals surface area contributed by atoms with E-state index in [2.05, 4.69) is 46.3 Å². The minimum Gasteiger partial charge on any atom is -0.373 e. The Kier molecular flexibility index (Phi) is 11.0. The molecule has 142 valence electrons. The van der Waals surface area contributed by atoms with Crippen LogP contribution in [0.4, 0.5) is 0 Å². The van der Waals surface area contributed by atoms with E-state index in [0.717, 1.165) is 50.8 Å². The van der Waals surface area contributed by atoms with Gasteiger partial charge < -0.3 is 15.4 Å². The maximum Gasteiger partial charge on any atom is 0.191 e. The molecule has 2 N–H and O–H groups in total. The van der Waals surface area contributed by atoms with E-state index in [9.17, 15) is 0 Å². The van der Waals surface area contributed by atoms with E-state index < -0.39 is 0 Å². The number of nitrogens with one attached hydrogen (secondary N) is 2. The van der Waals surface area contributed by atoms with Crippen LogP contribution in [0.1, 0.15) is 32.9 Å². The lowest BCUT2D eigenvalue weighted by atomic mass is 10.2. The molecule has 1 aromatic rings. The molecule has 2 unspecified atom stereocenters. The van der Waals surface area contributed by atoms with Gasteiger partial charge in [0.05, 0.1) is 24.4 Å². The number of hydrogen-bond acceptors (Lipinski definition) is 4. The van der Waals surface area contributed by atoms with Crippen LogP contribution in [0, 0.1) is 0 Å². The van der Waals surface area contributed by atoms with Crippen LogP contribution in [-0.4, -0.2) is 60.8 Å². The summed E-state index contributed by atoms with van der Waals surface area (Å²) in [6.07, 6.45) is 3.56. The maximum absolute atomic E-state index is 5.77. The fraction of sp³-hybridized carbons (Fsp3) is 0.667. The molecule has 0 radical (unpaired) electrons. The molecule has 1 aliphatic rings. The Morgan fingerprint density at radius 1 is 1.28 bits per heavy atom. The molecular weight excluding hydrogens is 429 g/mol. The molecule has 7 heteroatoms. The van der Waals surface area contributed by atoms with Crippen LogP contribution in [0.5, 0.6) is 0 Å². The van der Waals surface area contributed by atoms with Crippen LogP contribution in [-0.2, 0) is 11.3 Å². The highest BCUT2D eigenvalue weighted by Gasteiger charge is 2.21. The third-order valence-electron chi connectivity index (χ3n) is 3.91. The van der Waals surface area contributed by atoms with Gasteiger partial charge in [0.2, 0.25) is 0 Å². The van der Waals surface area contributed by atoms with E-state index >= 15 is 0 Å². The Morgan fingerprint density at radius 2 is 2.04 bits per heavy atom. The molecule has 0 spiro atoms. The number of ether oxygens (including phenoxy) is 1. The van der Waals surface area contributed by atoms with Gasteiger partial charge in [0.25, 0.3) is 0 Å². The molecule has 1 saturated heterocycles. The van der Waals surface area contributed by atoms with Crippen molar-refractivity contribution in [2.24, 2.45) is 4.99 Å². The molecule has 6 nitrogen and oxygen atoms in total. The van der Waals surface area contributed by atoms with Crippen LogP contribution >= 0.6 is 24.0 Å². The Bertz CT molecular complexity index is 489. The number of morpholine rings is 1. The van der Waals surface area contributed by atoms with E-state index in [1.807, 2.05) is 18.2 Å². The van der Waals surface area contributed by atoms with Gasteiger partial charge in [0.15, 0.2) is 5.96 Å². The van der Waals surface area contributed by atoms with Crippen molar-refractivity contribution in [3.8, 4) is 0 Å². The summed E-state index contributed by atoms with van der Waals surface area (Å²) < 4.78 is 5.77. The van der Waals surface area contributed by atoms with Crippen LogP contribution in [0.2, 0.25) is 0 Å². The second kappa shape index (κ2) is 12.4. The first-order chi connectivity index (χ1) is 11.7. The summed E-state index contributed by atoms with van der Waals surface area (Å²) in [5.74, 6) is 0.854. The number of aliphatic imine (C=N–C) groups is 1. The first-order valence-electron chi connectivity index (χ1n) is 8.97. The molecule has 2 heterocycles. The third-order valence-corrected chi connectivity index (χ3v) is 3.91. The van der Waals surface area contributed by atoms with Crippen molar-refractivity contribution in [3.05, 3.63) is 30.1 Å². The first-order valence-corrected chi connectivity index (χ1v) is 8.97. The highest BCUT2D eigenvalue weighted by molar-refractivity contribution is 14.0. The van der Waals surface area contributed by atoms with E-state index in [-0.39, 0.29) is 24.0 Å². The highest BCUT2D eigenvalue weighted by Crippen LogP contribution is 2.10. The van der Waals surface area contributed by atoms with Crippen molar-refractivity contribution < 1.29 is 4.74 Å². The number of nitrogens with zero attached hydrogens (tertiary/aromatic N) is 3. The van der Waals surface area contributed by atoms with Gasteiger partial charge in [-0.15, -0.1) is 24.0 Å². The number of aromatic nitrogens is 1. The molecule has 25 heavy (non-hydrogen) atoms. The summed E-state index contributed by atoms with van der Waals surface area (Å²) in [4.78, 5) is 11.4. The molecule has 1 aliphatic heterocycles. The summed E-state index contributed by atoms with van der Waals surface area (Å²) in [5.41, 5.74) is 0.978. The molecule has 0 bridgehead atoms. The third kappa shape index (κ3) is 8.82. The topological polar surface area (TPSA) is 61.8 Å². The van der Waals surface area contributed by atoms with Crippen molar-refractivity contribution in [2.45, 2.75) is 45.9 Å². The molecule has 0 amide bonds. The number of hydrogen-bond donors (Lipinski definition) is 2. The van der Waals surface area contributed by atoms with Crippen molar-refractivity contribution in [1.29, 1.82) is 0 Å². The average molecular weight is 461 g/mol. The highest BCUT2D eigenvalue weighted by atomic mass is 127. The zero-order valence-electron chi connectivity index (χ0n) is 15.6. The first kappa shape index (κ1) is 22.1. The summed E-state index contributed by atoms with van der Waals surface area (Å²) in [7, 11) is 0. The number of halogens is 1. The number of rotatable bonds is 7. The van der Waals surface area contributed by atoms with E-state index in [4.69, 9.17) is 4.74 Å². The molecule has 0 saturated carbocycles. The van der Waals surface area contributed by atoms with Crippen LogP contribution < -0.4 is 10.6 Å². The summed E-state index contributed by atoms with van der Waals surface area (Å²) in [6, 6.07) is 5.90. The molecule has 0 aromatic carbocycles. The van der Waals surface area contributed by atoms with Gasteiger partial charge in [-0.05, 0) is 39.3 Å². The van der Waals surface area contributed by atoms with Gasteiger partial charge in [0.1, 0.15) is 0 Å². The monoisotopic (exact) mass is 461 g/mol. The standard InChI is InChI=1S/C18H31N5O.HI/c1-4-19-18(22-12-17-8-5-6-9-20-17)21-10-7-11-23-13-15(2)24-16(3)14-23;/h5-6,8-9,15-16H,4,7,10-14H2,1-3H3,(H2,19,21,22);1H. The van der Waals surface area contributed by atoms with E-state index in [0.29, 0.717) is 18.8 Å². The van der Waals surface area contributed by atoms with Crippen molar-refractivity contribution in [2.75, 3.05) is 32.7 Å². The fourth-order valence-electron chi connectivity index (χ4n) is 2.97. The smallest absolute Gasteiger partial charge is 0.191 e. The van der Waals surface area contributed by atoms with Crippen LogP contribution in [0.25, 0.3) is 0 Å². The molecule has 2 atom stereocenters. The lowest BCUT2D eigenvalue weighted by Gasteiger charge is -2.35. The van der Waals surface area contributed by atoms with Gasteiger partial charge in [-0.3, -0.25) is 9.88 Å². The Hall–Kier alpha value is -0.930. The quantitative estimate of drug-likeness (QED) is 0.282. The second-order valence-corrected chi connectivity index (χ2v) is 6.31. The predicted octanol–water partition coefficient (Wildman–Crippen LogP) is 2.25. The SMILES string of the molecule is CCNC(=NCc1ccccn1)NCCCN1CC(C)OC(C)C1.I. The molecular formula is C18H32IN5O. The summed E-state index contributed by atoms with van der Waals surface area (Å²) in [5, 5.41) is 6.69. The molecule has 2 rings (SSSR count). The van der Waals surface area contributed by atoms with Gasteiger partial charge in [-0.2, -0.15) is 0 Å². The van der Waals surface area contributed by atoms with Crippen molar-refractivity contribution in [1.82, 2.24) is 20.5 Å². The zero-order valence-corrected chi connectivity index (χ0v) is 17.9. The maximum atomic E-state index is 5.77. The predicted molar refractivity (Wildman–Crippen MR) is 114 cm³/mol. The Balaban J connectivity index is 0.00000312. The average Bonchev–Trinajstić information content (AvgIpc) is 2.56. The van der Waals surface area contributed by atoms with Crippen molar-refractivity contribution in [3.63, 3.8) is 0 Å². The molecule has 1 fully saturated rings. The number of guanidine groups is 1. The Morgan fingerprint density at radius 3 is 2.68 bits per heavy atom. The van der Waals surface area contributed by atoms with Gasteiger partial charge in [-0.25, -0.2) is 4.99 Å². The number of pyridine rings is 1. The second-order valence-electron chi connectivity index (χ2n) is 6.31. The van der Waals surface area contributed by atoms with E-state index in [1.54, 1.807) is 6.20 Å². The van der Waals surface area contributed by atoms with Crippen LogP contribution in [0.15, 0.2) is 29.4 Å². The molecule has 0 aliphatic carbocycles. The minimum atomic E-state index is 0. The summed E-state index contributed by atoms with van der Waals surface area (Å²) in [6.45, 7) is 11.9.